The highest BCUT2D eigenvalue weighted by molar-refractivity contribution is 5.00. The number of piperidine rings is 1. The molecule has 3 unspecified atom stereocenters. The molecule has 0 aromatic carbocycles. The van der Waals surface area contributed by atoms with Crippen molar-refractivity contribution < 1.29 is 0 Å². The highest BCUT2D eigenvalue weighted by atomic mass is 15.2. The molecule has 2 aliphatic heterocycles. The highest BCUT2D eigenvalue weighted by Gasteiger charge is 2.44. The van der Waals surface area contributed by atoms with E-state index in [2.05, 4.69) is 24.2 Å². The van der Waals surface area contributed by atoms with Gasteiger partial charge < -0.3 is 10.2 Å². The summed E-state index contributed by atoms with van der Waals surface area (Å²) in [6, 6.07) is 2.67. The molecule has 2 saturated heterocycles. The second kappa shape index (κ2) is 4.89. The zero-order valence-corrected chi connectivity index (χ0v) is 11.5. The fourth-order valence-electron chi connectivity index (χ4n) is 4.23. The number of hydrogen-bond acceptors (Lipinski definition) is 2. The van der Waals surface area contributed by atoms with Crippen LogP contribution in [0.25, 0.3) is 0 Å². The molecule has 17 heavy (non-hydrogen) atoms. The Morgan fingerprint density at radius 3 is 2.24 bits per heavy atom. The summed E-state index contributed by atoms with van der Waals surface area (Å²) < 4.78 is 0. The van der Waals surface area contributed by atoms with Crippen LogP contribution in [-0.4, -0.2) is 36.6 Å². The molecular formula is C15H28N2. The van der Waals surface area contributed by atoms with E-state index >= 15 is 0 Å². The Labute approximate surface area is 106 Å². The maximum atomic E-state index is 3.87. The van der Waals surface area contributed by atoms with Crippen LogP contribution in [-0.2, 0) is 0 Å². The molecule has 2 heteroatoms. The Bertz CT molecular complexity index is 248. The monoisotopic (exact) mass is 236 g/mol. The number of fused-ring (bicyclic) bond motifs is 2. The van der Waals surface area contributed by atoms with Gasteiger partial charge in [0.2, 0.25) is 0 Å². The lowest BCUT2D eigenvalue weighted by molar-refractivity contribution is 0.107. The molecule has 1 N–H and O–H groups in total. The van der Waals surface area contributed by atoms with Crippen molar-refractivity contribution in [3.8, 4) is 0 Å². The summed E-state index contributed by atoms with van der Waals surface area (Å²) in [4.78, 5) is 2.67. The normalized spacial score (nSPS) is 39.5. The summed E-state index contributed by atoms with van der Waals surface area (Å²) in [6.45, 7) is 3.51. The van der Waals surface area contributed by atoms with Crippen molar-refractivity contribution in [3.63, 3.8) is 0 Å². The van der Waals surface area contributed by atoms with Crippen molar-refractivity contribution in [1.82, 2.24) is 10.2 Å². The van der Waals surface area contributed by atoms with E-state index in [1.165, 1.54) is 51.5 Å². The Morgan fingerprint density at radius 1 is 1.06 bits per heavy atom. The molecule has 1 aliphatic carbocycles. The number of nitrogens with one attached hydrogen (secondary N) is 1. The van der Waals surface area contributed by atoms with E-state index < -0.39 is 0 Å². The highest BCUT2D eigenvalue weighted by Crippen LogP contribution is 2.44. The topological polar surface area (TPSA) is 15.3 Å². The van der Waals surface area contributed by atoms with Crippen molar-refractivity contribution in [2.24, 2.45) is 11.8 Å². The first kappa shape index (κ1) is 12.0. The molecule has 0 amide bonds. The molecule has 3 atom stereocenters. The Kier molecular flexibility index (Phi) is 3.45. The first-order valence-corrected chi connectivity index (χ1v) is 7.75. The predicted molar refractivity (Wildman–Crippen MR) is 72.1 cm³/mol. The van der Waals surface area contributed by atoms with Gasteiger partial charge in [-0.25, -0.2) is 0 Å². The third kappa shape index (κ3) is 2.39. The fourth-order valence-corrected chi connectivity index (χ4v) is 4.23. The van der Waals surface area contributed by atoms with Gasteiger partial charge in [0.15, 0.2) is 0 Å². The van der Waals surface area contributed by atoms with Gasteiger partial charge in [0.05, 0.1) is 0 Å². The summed E-state index contributed by atoms with van der Waals surface area (Å²) in [5, 5.41) is 3.87. The Hall–Kier alpha value is -0.0800. The maximum absolute atomic E-state index is 3.87. The van der Waals surface area contributed by atoms with Gasteiger partial charge in [0, 0.05) is 18.1 Å². The van der Waals surface area contributed by atoms with E-state index in [1.54, 1.807) is 0 Å². The van der Waals surface area contributed by atoms with Crippen LogP contribution < -0.4 is 5.32 Å². The largest absolute Gasteiger partial charge is 0.313 e. The molecule has 98 valence electrons. The lowest BCUT2D eigenvalue weighted by Crippen LogP contribution is -2.48. The molecule has 3 aliphatic rings. The minimum Gasteiger partial charge on any atom is -0.313 e. The Morgan fingerprint density at radius 2 is 1.71 bits per heavy atom. The van der Waals surface area contributed by atoms with Gasteiger partial charge in [0.25, 0.3) is 0 Å². The van der Waals surface area contributed by atoms with Crippen LogP contribution in [0, 0.1) is 11.8 Å². The van der Waals surface area contributed by atoms with Crippen LogP contribution >= 0.6 is 0 Å². The zero-order valence-electron chi connectivity index (χ0n) is 11.5. The molecule has 2 nitrogen and oxygen atoms in total. The number of hydrogen-bond donors (Lipinski definition) is 1. The third-order valence-electron chi connectivity index (χ3n) is 5.40. The molecular weight excluding hydrogens is 208 g/mol. The quantitative estimate of drug-likeness (QED) is 0.789. The van der Waals surface area contributed by atoms with Crippen LogP contribution in [0.3, 0.4) is 0 Å². The third-order valence-corrected chi connectivity index (χ3v) is 5.40. The van der Waals surface area contributed by atoms with Crippen molar-refractivity contribution in [2.45, 2.75) is 70.0 Å². The lowest BCUT2D eigenvalue weighted by atomic mass is 9.83. The molecule has 3 fully saturated rings. The van der Waals surface area contributed by atoms with Gasteiger partial charge in [-0.2, -0.15) is 0 Å². The minimum absolute atomic E-state index is 0.853. The van der Waals surface area contributed by atoms with Crippen LogP contribution in [0.5, 0.6) is 0 Å². The van der Waals surface area contributed by atoms with Gasteiger partial charge in [-0.05, 0) is 70.4 Å². The van der Waals surface area contributed by atoms with Gasteiger partial charge in [-0.3, -0.25) is 0 Å². The second-order valence-electron chi connectivity index (χ2n) is 6.60. The van der Waals surface area contributed by atoms with E-state index in [-0.39, 0.29) is 0 Å². The molecule has 3 rings (SSSR count). The van der Waals surface area contributed by atoms with Gasteiger partial charge in [-0.15, -0.1) is 0 Å². The molecule has 0 radical (unpaired) electrons. The predicted octanol–water partition coefficient (Wildman–Crippen LogP) is 2.64. The second-order valence-corrected chi connectivity index (χ2v) is 6.60. The zero-order chi connectivity index (χ0) is 11.8. The average Bonchev–Trinajstić information content (AvgIpc) is 3.11. The Balaban J connectivity index is 1.62. The molecule has 0 spiro atoms. The summed E-state index contributed by atoms with van der Waals surface area (Å²) in [7, 11) is 2.35. The smallest absolute Gasteiger partial charge is 0.0125 e. The van der Waals surface area contributed by atoms with E-state index in [1.807, 2.05) is 0 Å². The van der Waals surface area contributed by atoms with Crippen LogP contribution in [0.1, 0.15) is 51.9 Å². The first-order valence-electron chi connectivity index (χ1n) is 7.75. The molecule has 1 saturated carbocycles. The van der Waals surface area contributed by atoms with E-state index in [0.717, 1.165) is 30.0 Å². The fraction of sp³-hybridized carbons (Fsp3) is 1.00. The summed E-state index contributed by atoms with van der Waals surface area (Å²) in [5.74, 6) is 2.00. The van der Waals surface area contributed by atoms with Crippen LogP contribution in [0.2, 0.25) is 0 Å². The molecule has 0 aromatic rings. The summed E-state index contributed by atoms with van der Waals surface area (Å²) in [5.41, 5.74) is 0. The first-order chi connectivity index (χ1) is 8.29. The van der Waals surface area contributed by atoms with Crippen LogP contribution in [0.4, 0.5) is 0 Å². The van der Waals surface area contributed by atoms with E-state index in [0.29, 0.717) is 0 Å². The standard InChI is InChI=1S/C15H28N2/c1-3-8-16-15(11-4-5-11)12-9-13-6-7-14(10-12)17(13)2/h11-16H,3-10H2,1-2H3. The van der Waals surface area contributed by atoms with Crippen molar-refractivity contribution in [3.05, 3.63) is 0 Å². The summed E-state index contributed by atoms with van der Waals surface area (Å²) in [6.07, 6.45) is 10.1. The lowest BCUT2D eigenvalue weighted by Gasteiger charge is -2.40. The minimum atomic E-state index is 0.853. The van der Waals surface area contributed by atoms with Gasteiger partial charge in [0.1, 0.15) is 0 Å². The SMILES string of the molecule is CCCNC(C1CC1)C1CC2CCC(C1)N2C. The van der Waals surface area contributed by atoms with Gasteiger partial charge >= 0.3 is 0 Å². The van der Waals surface area contributed by atoms with Gasteiger partial charge in [-0.1, -0.05) is 6.92 Å². The average molecular weight is 236 g/mol. The maximum Gasteiger partial charge on any atom is 0.0125 e. The number of rotatable bonds is 5. The van der Waals surface area contributed by atoms with Crippen molar-refractivity contribution >= 4 is 0 Å². The van der Waals surface area contributed by atoms with E-state index in [4.69, 9.17) is 0 Å². The molecule has 2 heterocycles. The molecule has 0 aromatic heterocycles. The van der Waals surface area contributed by atoms with Crippen LogP contribution in [0.15, 0.2) is 0 Å². The number of nitrogens with zero attached hydrogens (tertiary/aromatic N) is 1. The van der Waals surface area contributed by atoms with Crippen molar-refractivity contribution in [2.75, 3.05) is 13.6 Å². The van der Waals surface area contributed by atoms with Crippen molar-refractivity contribution in [1.29, 1.82) is 0 Å². The molecule has 2 bridgehead atoms. The summed E-state index contributed by atoms with van der Waals surface area (Å²) >= 11 is 0. The van der Waals surface area contributed by atoms with E-state index in [9.17, 15) is 0 Å².